The lowest BCUT2D eigenvalue weighted by atomic mass is 10.1. The number of rotatable bonds is 5. The van der Waals surface area contributed by atoms with E-state index >= 15 is 0 Å². The third-order valence-corrected chi connectivity index (χ3v) is 3.91. The topological polar surface area (TPSA) is 84.0 Å². The number of aromatic nitrogens is 2. The zero-order chi connectivity index (χ0) is 19.4. The number of anilines is 3. The molecule has 27 heavy (non-hydrogen) atoms. The SMILES string of the molecule is CC(=O)c1ccc(NC(=O)c2cccc(Nc3nc(C)cc(C)n3)c2)cc1. The van der Waals surface area contributed by atoms with E-state index in [1.165, 1.54) is 6.92 Å². The predicted octanol–water partition coefficient (Wildman–Crippen LogP) is 4.29. The summed E-state index contributed by atoms with van der Waals surface area (Å²) in [5, 5.41) is 5.95. The maximum atomic E-state index is 12.5. The number of aryl methyl sites for hydroxylation is 2. The van der Waals surface area contributed by atoms with Gasteiger partial charge in [0, 0.05) is 33.9 Å². The van der Waals surface area contributed by atoms with E-state index in [1.807, 2.05) is 26.0 Å². The van der Waals surface area contributed by atoms with Gasteiger partial charge in [-0.25, -0.2) is 9.97 Å². The van der Waals surface area contributed by atoms with Crippen molar-refractivity contribution in [3.8, 4) is 0 Å². The minimum atomic E-state index is -0.240. The molecule has 0 aliphatic carbocycles. The summed E-state index contributed by atoms with van der Waals surface area (Å²) in [6.07, 6.45) is 0. The van der Waals surface area contributed by atoms with Gasteiger partial charge in [-0.15, -0.1) is 0 Å². The third-order valence-electron chi connectivity index (χ3n) is 3.91. The Kier molecular flexibility index (Phi) is 5.26. The molecule has 1 aromatic heterocycles. The summed E-state index contributed by atoms with van der Waals surface area (Å²) >= 11 is 0. The number of carbonyl (C=O) groups excluding carboxylic acids is 2. The van der Waals surface area contributed by atoms with Crippen LogP contribution in [0.15, 0.2) is 54.6 Å². The highest BCUT2D eigenvalue weighted by atomic mass is 16.1. The number of ketones is 1. The van der Waals surface area contributed by atoms with E-state index in [0.29, 0.717) is 22.8 Å². The van der Waals surface area contributed by atoms with Crippen LogP contribution in [0, 0.1) is 13.8 Å². The quantitative estimate of drug-likeness (QED) is 0.663. The van der Waals surface area contributed by atoms with Gasteiger partial charge in [-0.3, -0.25) is 9.59 Å². The normalized spacial score (nSPS) is 10.3. The van der Waals surface area contributed by atoms with Gasteiger partial charge in [-0.1, -0.05) is 6.07 Å². The molecule has 0 radical (unpaired) electrons. The minimum absolute atomic E-state index is 0.0137. The van der Waals surface area contributed by atoms with Crippen LogP contribution in [0.4, 0.5) is 17.3 Å². The predicted molar refractivity (Wildman–Crippen MR) is 106 cm³/mol. The number of nitrogens with zero attached hydrogens (tertiary/aromatic N) is 2. The number of amides is 1. The largest absolute Gasteiger partial charge is 0.324 e. The molecule has 0 spiro atoms. The molecular weight excluding hydrogens is 340 g/mol. The monoisotopic (exact) mass is 360 g/mol. The highest BCUT2D eigenvalue weighted by Crippen LogP contribution is 2.17. The van der Waals surface area contributed by atoms with Crippen molar-refractivity contribution >= 4 is 29.0 Å². The molecule has 0 bridgehead atoms. The smallest absolute Gasteiger partial charge is 0.255 e. The van der Waals surface area contributed by atoms with Crippen molar-refractivity contribution < 1.29 is 9.59 Å². The summed E-state index contributed by atoms with van der Waals surface area (Å²) in [6.45, 7) is 5.31. The summed E-state index contributed by atoms with van der Waals surface area (Å²) in [5.41, 5.74) is 4.19. The molecular formula is C21H20N4O2. The number of benzene rings is 2. The maximum absolute atomic E-state index is 12.5. The Morgan fingerprint density at radius 1 is 0.815 bits per heavy atom. The Hall–Kier alpha value is -3.54. The van der Waals surface area contributed by atoms with Crippen molar-refractivity contribution in [2.24, 2.45) is 0 Å². The van der Waals surface area contributed by atoms with Crippen LogP contribution in [0.25, 0.3) is 0 Å². The van der Waals surface area contributed by atoms with Gasteiger partial charge >= 0.3 is 0 Å². The van der Waals surface area contributed by atoms with Crippen LogP contribution < -0.4 is 10.6 Å². The van der Waals surface area contributed by atoms with Gasteiger partial charge in [0.2, 0.25) is 5.95 Å². The summed E-state index contributed by atoms with van der Waals surface area (Å²) in [7, 11) is 0. The van der Waals surface area contributed by atoms with Crippen molar-refractivity contribution in [3.05, 3.63) is 77.1 Å². The van der Waals surface area contributed by atoms with Gasteiger partial charge in [0.15, 0.2) is 5.78 Å². The molecule has 0 fully saturated rings. The lowest BCUT2D eigenvalue weighted by Crippen LogP contribution is -2.12. The first-order valence-electron chi connectivity index (χ1n) is 8.52. The third kappa shape index (κ3) is 4.76. The molecule has 0 saturated heterocycles. The first kappa shape index (κ1) is 18.3. The van der Waals surface area contributed by atoms with Crippen LogP contribution >= 0.6 is 0 Å². The molecule has 6 heteroatoms. The highest BCUT2D eigenvalue weighted by Gasteiger charge is 2.08. The Morgan fingerprint density at radius 2 is 1.48 bits per heavy atom. The molecule has 136 valence electrons. The number of Topliss-reactive ketones (excluding diaryl/α,β-unsaturated/α-hetero) is 1. The zero-order valence-corrected chi connectivity index (χ0v) is 15.4. The van der Waals surface area contributed by atoms with E-state index < -0.39 is 0 Å². The van der Waals surface area contributed by atoms with E-state index in [9.17, 15) is 9.59 Å². The summed E-state index contributed by atoms with van der Waals surface area (Å²) in [5.74, 6) is 0.237. The average Bonchev–Trinajstić information content (AvgIpc) is 2.61. The minimum Gasteiger partial charge on any atom is -0.324 e. The number of nitrogens with one attached hydrogen (secondary N) is 2. The van der Waals surface area contributed by atoms with Gasteiger partial charge in [0.25, 0.3) is 5.91 Å². The molecule has 2 aromatic carbocycles. The standard InChI is InChI=1S/C21H20N4O2/c1-13-11-14(2)23-21(22-13)25-19-6-4-5-17(12-19)20(27)24-18-9-7-16(8-10-18)15(3)26/h4-12H,1-3H3,(H,24,27)(H,22,23,25). The lowest BCUT2D eigenvalue weighted by Gasteiger charge is -2.09. The second-order valence-corrected chi connectivity index (χ2v) is 6.27. The molecule has 0 atom stereocenters. The van der Waals surface area contributed by atoms with Gasteiger partial charge in [0.05, 0.1) is 0 Å². The van der Waals surface area contributed by atoms with E-state index in [4.69, 9.17) is 0 Å². The zero-order valence-electron chi connectivity index (χ0n) is 15.4. The lowest BCUT2D eigenvalue weighted by molar-refractivity contribution is 0.101. The second kappa shape index (κ2) is 7.78. The van der Waals surface area contributed by atoms with Gasteiger partial charge in [-0.05, 0) is 69.3 Å². The van der Waals surface area contributed by atoms with Crippen molar-refractivity contribution in [2.45, 2.75) is 20.8 Å². The van der Waals surface area contributed by atoms with Crippen LogP contribution in [0.3, 0.4) is 0 Å². The highest BCUT2D eigenvalue weighted by molar-refractivity contribution is 6.05. The van der Waals surface area contributed by atoms with E-state index in [2.05, 4.69) is 20.6 Å². The van der Waals surface area contributed by atoms with Crippen molar-refractivity contribution in [2.75, 3.05) is 10.6 Å². The number of hydrogen-bond acceptors (Lipinski definition) is 5. The molecule has 6 nitrogen and oxygen atoms in total. The second-order valence-electron chi connectivity index (χ2n) is 6.27. The molecule has 0 aliphatic rings. The van der Waals surface area contributed by atoms with Crippen molar-refractivity contribution in [1.82, 2.24) is 9.97 Å². The van der Waals surface area contributed by atoms with Crippen LogP contribution in [-0.4, -0.2) is 21.7 Å². The molecule has 0 saturated carbocycles. The van der Waals surface area contributed by atoms with E-state index in [1.54, 1.807) is 42.5 Å². The average molecular weight is 360 g/mol. The molecule has 3 aromatic rings. The fourth-order valence-corrected chi connectivity index (χ4v) is 2.64. The van der Waals surface area contributed by atoms with Crippen LogP contribution in [0.2, 0.25) is 0 Å². The van der Waals surface area contributed by atoms with Crippen molar-refractivity contribution in [1.29, 1.82) is 0 Å². The Balaban J connectivity index is 1.74. The van der Waals surface area contributed by atoms with Crippen LogP contribution in [-0.2, 0) is 0 Å². The molecule has 3 rings (SSSR count). The molecule has 0 aliphatic heterocycles. The first-order valence-corrected chi connectivity index (χ1v) is 8.52. The molecule has 1 heterocycles. The first-order chi connectivity index (χ1) is 12.9. The molecule has 2 N–H and O–H groups in total. The Labute approximate surface area is 157 Å². The van der Waals surface area contributed by atoms with Gasteiger partial charge in [0.1, 0.15) is 0 Å². The summed E-state index contributed by atoms with van der Waals surface area (Å²) < 4.78 is 0. The molecule has 1 amide bonds. The van der Waals surface area contributed by atoms with E-state index in [0.717, 1.165) is 17.1 Å². The summed E-state index contributed by atoms with van der Waals surface area (Å²) in [4.78, 5) is 32.5. The van der Waals surface area contributed by atoms with Gasteiger partial charge < -0.3 is 10.6 Å². The number of hydrogen-bond donors (Lipinski definition) is 2. The fraction of sp³-hybridized carbons (Fsp3) is 0.143. The van der Waals surface area contributed by atoms with Crippen molar-refractivity contribution in [3.63, 3.8) is 0 Å². The maximum Gasteiger partial charge on any atom is 0.255 e. The summed E-state index contributed by atoms with van der Waals surface area (Å²) in [6, 6.07) is 15.8. The Morgan fingerprint density at radius 3 is 2.11 bits per heavy atom. The van der Waals surface area contributed by atoms with Gasteiger partial charge in [-0.2, -0.15) is 0 Å². The molecule has 0 unspecified atom stereocenters. The Bertz CT molecular complexity index is 977. The van der Waals surface area contributed by atoms with Crippen LogP contribution in [0.1, 0.15) is 39.0 Å². The van der Waals surface area contributed by atoms with E-state index in [-0.39, 0.29) is 11.7 Å². The number of carbonyl (C=O) groups is 2. The van der Waals surface area contributed by atoms with Crippen LogP contribution in [0.5, 0.6) is 0 Å². The fourth-order valence-electron chi connectivity index (χ4n) is 2.64.